The fraction of sp³-hybridized carbons (Fsp3) is 0.381. The van der Waals surface area contributed by atoms with E-state index in [4.69, 9.17) is 9.47 Å². The zero-order chi connectivity index (χ0) is 19.9. The molecule has 3 aromatic rings. The van der Waals surface area contributed by atoms with Crippen LogP contribution in [-0.4, -0.2) is 52.9 Å². The fourth-order valence-electron chi connectivity index (χ4n) is 3.20. The van der Waals surface area contributed by atoms with Crippen molar-refractivity contribution in [2.45, 2.75) is 25.9 Å². The molecule has 0 amide bonds. The summed E-state index contributed by atoms with van der Waals surface area (Å²) in [5.41, 5.74) is 0.877. The van der Waals surface area contributed by atoms with Crippen LogP contribution in [0.15, 0.2) is 53.7 Å². The normalized spacial score (nSPS) is 16.0. The summed E-state index contributed by atoms with van der Waals surface area (Å²) in [5.74, 6) is 3.31. The van der Waals surface area contributed by atoms with Gasteiger partial charge in [0.05, 0.1) is 6.54 Å². The zero-order valence-electron chi connectivity index (χ0n) is 16.5. The van der Waals surface area contributed by atoms with Crippen molar-refractivity contribution in [3.8, 4) is 11.5 Å². The minimum atomic E-state index is -0.0947. The molecule has 1 aliphatic heterocycles. The quantitative estimate of drug-likeness (QED) is 0.363. The van der Waals surface area contributed by atoms with Gasteiger partial charge in [0.25, 0.3) is 0 Å². The Bertz CT molecular complexity index is 970. The minimum absolute atomic E-state index is 0.0947. The van der Waals surface area contributed by atoms with Gasteiger partial charge in [-0.25, -0.2) is 4.99 Å². The maximum absolute atomic E-state index is 5.97. The number of aryl methyl sites for hydroxylation is 1. The number of aromatic nitrogens is 3. The van der Waals surface area contributed by atoms with Gasteiger partial charge >= 0.3 is 0 Å². The van der Waals surface area contributed by atoms with Crippen molar-refractivity contribution < 1.29 is 9.47 Å². The molecule has 29 heavy (non-hydrogen) atoms. The first-order valence-corrected chi connectivity index (χ1v) is 10.0. The lowest BCUT2D eigenvalue weighted by Gasteiger charge is -2.25. The predicted octanol–water partition coefficient (Wildman–Crippen LogP) is 2.06. The van der Waals surface area contributed by atoms with E-state index in [1.807, 2.05) is 53.1 Å². The van der Waals surface area contributed by atoms with Gasteiger partial charge in [-0.2, -0.15) is 0 Å². The summed E-state index contributed by atoms with van der Waals surface area (Å²) >= 11 is 0. The van der Waals surface area contributed by atoms with E-state index >= 15 is 0 Å². The van der Waals surface area contributed by atoms with Crippen molar-refractivity contribution in [1.82, 2.24) is 25.2 Å². The molecular formula is C21H26N6O2. The van der Waals surface area contributed by atoms with Crippen molar-refractivity contribution in [3.05, 3.63) is 54.5 Å². The second kappa shape index (κ2) is 9.27. The van der Waals surface area contributed by atoms with Crippen LogP contribution in [0.4, 0.5) is 0 Å². The summed E-state index contributed by atoms with van der Waals surface area (Å²) in [4.78, 5) is 4.65. The highest BCUT2D eigenvalue weighted by Gasteiger charge is 2.20. The summed E-state index contributed by atoms with van der Waals surface area (Å²) in [5, 5.41) is 15.1. The summed E-state index contributed by atoms with van der Waals surface area (Å²) in [6.45, 7) is 4.66. The first-order valence-electron chi connectivity index (χ1n) is 10.0. The highest BCUT2D eigenvalue weighted by Crippen LogP contribution is 2.30. The Morgan fingerprint density at radius 1 is 1.14 bits per heavy atom. The molecule has 0 radical (unpaired) electrons. The average Bonchev–Trinajstić information content (AvgIpc) is 3.18. The van der Waals surface area contributed by atoms with Crippen molar-refractivity contribution in [1.29, 1.82) is 0 Å². The molecular weight excluding hydrogens is 368 g/mol. The number of rotatable bonds is 7. The fourth-order valence-corrected chi connectivity index (χ4v) is 3.20. The van der Waals surface area contributed by atoms with Gasteiger partial charge in [0.1, 0.15) is 12.4 Å². The number of aliphatic imine (C=N–C) groups is 1. The summed E-state index contributed by atoms with van der Waals surface area (Å²) in [6.07, 6.45) is 3.67. The molecule has 1 aliphatic rings. The number of nitrogens with one attached hydrogen (secondary N) is 2. The smallest absolute Gasteiger partial charge is 0.191 e. The average molecular weight is 394 g/mol. The van der Waals surface area contributed by atoms with Gasteiger partial charge in [-0.05, 0) is 37.6 Å². The molecule has 3 heterocycles. The lowest BCUT2D eigenvalue weighted by atomic mass is 10.2. The Morgan fingerprint density at radius 2 is 2.00 bits per heavy atom. The van der Waals surface area contributed by atoms with E-state index in [0.717, 1.165) is 54.9 Å². The molecule has 4 rings (SSSR count). The van der Waals surface area contributed by atoms with Crippen LogP contribution in [-0.2, 0) is 6.42 Å². The van der Waals surface area contributed by atoms with E-state index < -0.39 is 0 Å². The van der Waals surface area contributed by atoms with Crippen LogP contribution in [0, 0.1) is 0 Å². The molecule has 0 spiro atoms. The molecule has 2 aromatic heterocycles. The van der Waals surface area contributed by atoms with Crippen molar-refractivity contribution in [2.75, 3.05) is 26.2 Å². The molecule has 2 N–H and O–H groups in total. The Balaban J connectivity index is 1.26. The maximum atomic E-state index is 5.97. The van der Waals surface area contributed by atoms with Gasteiger partial charge in [0.2, 0.25) is 0 Å². The third kappa shape index (κ3) is 4.77. The third-order valence-electron chi connectivity index (χ3n) is 4.62. The number of para-hydroxylation sites is 2. The highest BCUT2D eigenvalue weighted by atomic mass is 16.6. The van der Waals surface area contributed by atoms with E-state index in [9.17, 15) is 0 Å². The van der Waals surface area contributed by atoms with Gasteiger partial charge in [0.15, 0.2) is 29.2 Å². The SMILES string of the molecule is CCNC(=NCC1COc2ccccc2O1)NCCCc1nnc2ccccn12. The molecule has 0 bridgehead atoms. The standard InChI is InChI=1S/C21H26N6O2/c1-2-22-21(24-14-16-15-28-17-8-3-4-9-18(17)29-16)23-12-7-11-20-26-25-19-10-5-6-13-27(19)20/h3-6,8-10,13,16H,2,7,11-12,14-15H2,1H3,(H2,22,23,24). The van der Waals surface area contributed by atoms with Gasteiger partial charge in [-0.3, -0.25) is 4.40 Å². The highest BCUT2D eigenvalue weighted by molar-refractivity contribution is 5.79. The van der Waals surface area contributed by atoms with Gasteiger partial charge in [0, 0.05) is 25.7 Å². The van der Waals surface area contributed by atoms with Crippen LogP contribution in [0.2, 0.25) is 0 Å². The topological polar surface area (TPSA) is 85.1 Å². The number of ether oxygens (including phenoxy) is 2. The summed E-state index contributed by atoms with van der Waals surface area (Å²) < 4.78 is 13.7. The van der Waals surface area contributed by atoms with E-state index in [-0.39, 0.29) is 6.10 Å². The molecule has 0 saturated carbocycles. The van der Waals surface area contributed by atoms with Crippen LogP contribution < -0.4 is 20.1 Å². The molecule has 0 saturated heterocycles. The van der Waals surface area contributed by atoms with Gasteiger partial charge in [-0.15, -0.1) is 10.2 Å². The van der Waals surface area contributed by atoms with E-state index in [0.29, 0.717) is 13.2 Å². The summed E-state index contributed by atoms with van der Waals surface area (Å²) in [7, 11) is 0. The number of guanidine groups is 1. The van der Waals surface area contributed by atoms with E-state index in [2.05, 4.69) is 32.7 Å². The first-order chi connectivity index (χ1) is 14.3. The zero-order valence-corrected chi connectivity index (χ0v) is 16.5. The van der Waals surface area contributed by atoms with Crippen LogP contribution in [0.25, 0.3) is 5.65 Å². The molecule has 152 valence electrons. The molecule has 8 nitrogen and oxygen atoms in total. The van der Waals surface area contributed by atoms with Crippen LogP contribution in [0.3, 0.4) is 0 Å². The molecule has 1 aromatic carbocycles. The van der Waals surface area contributed by atoms with E-state index in [1.165, 1.54) is 0 Å². The monoisotopic (exact) mass is 394 g/mol. The number of nitrogens with zero attached hydrogens (tertiary/aromatic N) is 4. The predicted molar refractivity (Wildman–Crippen MR) is 112 cm³/mol. The Hall–Kier alpha value is -3.29. The number of benzene rings is 1. The summed E-state index contributed by atoms with van der Waals surface area (Å²) in [6, 6.07) is 13.6. The molecule has 8 heteroatoms. The third-order valence-corrected chi connectivity index (χ3v) is 4.62. The van der Waals surface area contributed by atoms with Gasteiger partial charge in [-0.1, -0.05) is 18.2 Å². The van der Waals surface area contributed by atoms with Crippen molar-refractivity contribution in [2.24, 2.45) is 4.99 Å². The Kier molecular flexibility index (Phi) is 6.09. The Morgan fingerprint density at radius 3 is 2.90 bits per heavy atom. The molecule has 0 aliphatic carbocycles. The second-order valence-corrected chi connectivity index (χ2v) is 6.79. The maximum Gasteiger partial charge on any atom is 0.191 e. The lowest BCUT2D eigenvalue weighted by Crippen LogP contribution is -2.40. The number of pyridine rings is 1. The number of hydrogen-bond acceptors (Lipinski definition) is 5. The van der Waals surface area contributed by atoms with Crippen LogP contribution in [0.5, 0.6) is 11.5 Å². The van der Waals surface area contributed by atoms with Gasteiger partial charge < -0.3 is 20.1 Å². The lowest BCUT2D eigenvalue weighted by molar-refractivity contribution is 0.0971. The van der Waals surface area contributed by atoms with Crippen LogP contribution in [0.1, 0.15) is 19.2 Å². The van der Waals surface area contributed by atoms with E-state index in [1.54, 1.807) is 0 Å². The molecule has 1 unspecified atom stereocenters. The molecule has 1 atom stereocenters. The number of fused-ring (bicyclic) bond motifs is 2. The number of hydrogen-bond donors (Lipinski definition) is 2. The van der Waals surface area contributed by atoms with Crippen molar-refractivity contribution >= 4 is 11.6 Å². The minimum Gasteiger partial charge on any atom is -0.486 e. The first kappa shape index (κ1) is 19.0. The second-order valence-electron chi connectivity index (χ2n) is 6.79. The van der Waals surface area contributed by atoms with Crippen molar-refractivity contribution in [3.63, 3.8) is 0 Å². The van der Waals surface area contributed by atoms with Crippen LogP contribution >= 0.6 is 0 Å². The Labute approximate surface area is 170 Å². The largest absolute Gasteiger partial charge is 0.486 e. The molecule has 0 fully saturated rings.